The van der Waals surface area contributed by atoms with Crippen LogP contribution in [-0.4, -0.2) is 62.9 Å². The summed E-state index contributed by atoms with van der Waals surface area (Å²) in [5.41, 5.74) is 0. The van der Waals surface area contributed by atoms with Gasteiger partial charge in [0, 0.05) is 26.2 Å². The zero-order valence-electron chi connectivity index (χ0n) is 13.0. The molecule has 1 aromatic carbocycles. The van der Waals surface area contributed by atoms with Gasteiger partial charge >= 0.3 is 5.97 Å². The van der Waals surface area contributed by atoms with Crippen LogP contribution in [0.1, 0.15) is 6.92 Å². The minimum atomic E-state index is -4.29. The molecule has 0 spiro atoms. The molecule has 0 atom stereocenters. The largest absolute Gasteiger partial charge is 0.465 e. The van der Waals surface area contributed by atoms with E-state index >= 15 is 0 Å². The first-order chi connectivity index (χ1) is 11.3. The highest BCUT2D eigenvalue weighted by atomic mass is 32.2. The Morgan fingerprint density at radius 1 is 1.12 bits per heavy atom. The molecule has 1 aliphatic heterocycles. The Kier molecular flexibility index (Phi) is 5.83. The van der Waals surface area contributed by atoms with E-state index in [1.807, 2.05) is 0 Å². The van der Waals surface area contributed by atoms with Crippen LogP contribution < -0.4 is 0 Å². The predicted octanol–water partition coefficient (Wildman–Crippen LogP) is 0.973. The van der Waals surface area contributed by atoms with Gasteiger partial charge in [-0.25, -0.2) is 21.6 Å². The smallest absolute Gasteiger partial charge is 0.320 e. The molecule has 1 aromatic rings. The van der Waals surface area contributed by atoms with Gasteiger partial charge in [-0.2, -0.15) is 4.31 Å². The molecule has 0 aliphatic carbocycles. The fraction of sp³-hybridized carbons (Fsp3) is 0.500. The molecule has 10 heteroatoms. The summed E-state index contributed by atoms with van der Waals surface area (Å²) < 4.78 is 70.5. The number of halogens is 3. The minimum absolute atomic E-state index is 0.000172. The van der Waals surface area contributed by atoms with Crippen molar-refractivity contribution in [1.29, 1.82) is 0 Å². The lowest BCUT2D eigenvalue weighted by atomic mass is 10.3. The molecular weight excluding hydrogens is 349 g/mol. The summed E-state index contributed by atoms with van der Waals surface area (Å²) in [7, 11) is -4.29. The summed E-state index contributed by atoms with van der Waals surface area (Å²) >= 11 is 0. The zero-order chi connectivity index (χ0) is 17.9. The number of hydrogen-bond acceptors (Lipinski definition) is 5. The van der Waals surface area contributed by atoms with E-state index in [9.17, 15) is 26.4 Å². The topological polar surface area (TPSA) is 66.9 Å². The van der Waals surface area contributed by atoms with Crippen molar-refractivity contribution in [1.82, 2.24) is 9.21 Å². The molecule has 1 fully saturated rings. The van der Waals surface area contributed by atoms with Crippen LogP contribution in [0.2, 0.25) is 0 Å². The van der Waals surface area contributed by atoms with E-state index in [0.29, 0.717) is 12.1 Å². The number of benzene rings is 1. The number of carbonyl (C=O) groups excluding carboxylic acids is 1. The van der Waals surface area contributed by atoms with Crippen molar-refractivity contribution in [2.45, 2.75) is 11.8 Å². The number of nitrogens with zero attached hydrogens (tertiary/aromatic N) is 2. The summed E-state index contributed by atoms with van der Waals surface area (Å²) in [6.45, 7) is 2.44. The first kappa shape index (κ1) is 18.7. The molecule has 1 heterocycles. The lowest BCUT2D eigenvalue weighted by Crippen LogP contribution is -2.50. The van der Waals surface area contributed by atoms with Gasteiger partial charge in [0.15, 0.2) is 17.5 Å². The first-order valence-corrected chi connectivity index (χ1v) is 8.73. The van der Waals surface area contributed by atoms with Crippen molar-refractivity contribution in [3.63, 3.8) is 0 Å². The highest BCUT2D eigenvalue weighted by molar-refractivity contribution is 7.89. The number of rotatable bonds is 5. The van der Waals surface area contributed by atoms with Gasteiger partial charge < -0.3 is 4.74 Å². The number of ether oxygens (including phenoxy) is 1. The molecule has 134 valence electrons. The van der Waals surface area contributed by atoms with Gasteiger partial charge in [0.05, 0.1) is 13.2 Å². The summed E-state index contributed by atoms with van der Waals surface area (Å²) in [5.74, 6) is -5.42. The molecular formula is C14H17F3N2O4S. The molecule has 1 saturated heterocycles. The van der Waals surface area contributed by atoms with Crippen LogP contribution in [0, 0.1) is 17.5 Å². The van der Waals surface area contributed by atoms with Crippen LogP contribution in [0.25, 0.3) is 0 Å². The summed E-state index contributed by atoms with van der Waals surface area (Å²) in [6.07, 6.45) is 0. The SMILES string of the molecule is CCOC(=O)CN1CCN(S(=O)(=O)c2ccc(F)c(F)c2F)CC1. The molecule has 0 unspecified atom stereocenters. The Morgan fingerprint density at radius 2 is 1.75 bits per heavy atom. The fourth-order valence-corrected chi connectivity index (χ4v) is 3.84. The standard InChI is InChI=1S/C14H17F3N2O4S/c1-2-23-12(20)9-18-5-7-19(8-6-18)24(21,22)11-4-3-10(15)13(16)14(11)17/h3-4H,2,5-9H2,1H3. The zero-order valence-corrected chi connectivity index (χ0v) is 13.8. The Hall–Kier alpha value is -1.65. The maximum Gasteiger partial charge on any atom is 0.320 e. The summed E-state index contributed by atoms with van der Waals surface area (Å²) in [6, 6.07) is 1.27. The molecule has 0 aromatic heterocycles. The fourth-order valence-electron chi connectivity index (χ4n) is 2.36. The van der Waals surface area contributed by atoms with Crippen LogP contribution in [0.4, 0.5) is 13.2 Å². The second kappa shape index (κ2) is 7.49. The number of esters is 1. The molecule has 24 heavy (non-hydrogen) atoms. The van der Waals surface area contributed by atoms with E-state index in [1.165, 1.54) is 0 Å². The van der Waals surface area contributed by atoms with Crippen molar-refractivity contribution in [2.24, 2.45) is 0 Å². The highest BCUT2D eigenvalue weighted by Crippen LogP contribution is 2.23. The third-order valence-corrected chi connectivity index (χ3v) is 5.52. The summed E-state index contributed by atoms with van der Waals surface area (Å²) in [4.78, 5) is 12.2. The van der Waals surface area contributed by atoms with E-state index in [0.717, 1.165) is 4.31 Å². The second-order valence-electron chi connectivity index (χ2n) is 5.16. The number of carbonyl (C=O) groups is 1. The van der Waals surface area contributed by atoms with Gasteiger partial charge in [0.25, 0.3) is 0 Å². The van der Waals surface area contributed by atoms with Gasteiger partial charge in [-0.3, -0.25) is 9.69 Å². The van der Waals surface area contributed by atoms with Gasteiger partial charge in [-0.15, -0.1) is 0 Å². The van der Waals surface area contributed by atoms with E-state index in [4.69, 9.17) is 4.74 Å². The second-order valence-corrected chi connectivity index (χ2v) is 7.07. The van der Waals surface area contributed by atoms with Crippen molar-refractivity contribution in [3.8, 4) is 0 Å². The van der Waals surface area contributed by atoms with Crippen LogP contribution in [-0.2, 0) is 19.6 Å². The maximum absolute atomic E-state index is 13.8. The predicted molar refractivity (Wildman–Crippen MR) is 78.1 cm³/mol. The van der Waals surface area contributed by atoms with Crippen LogP contribution in [0.15, 0.2) is 17.0 Å². The van der Waals surface area contributed by atoms with Crippen molar-refractivity contribution in [3.05, 3.63) is 29.6 Å². The Labute approximate surface area is 137 Å². The van der Waals surface area contributed by atoms with E-state index in [-0.39, 0.29) is 39.3 Å². The molecule has 1 aliphatic rings. The van der Waals surface area contributed by atoms with Crippen molar-refractivity contribution < 1.29 is 31.1 Å². The highest BCUT2D eigenvalue weighted by Gasteiger charge is 2.32. The first-order valence-electron chi connectivity index (χ1n) is 7.29. The Balaban J connectivity index is 2.08. The quantitative estimate of drug-likeness (QED) is 0.574. The average molecular weight is 366 g/mol. The number of hydrogen-bond donors (Lipinski definition) is 0. The lowest BCUT2D eigenvalue weighted by molar-refractivity contribution is -0.144. The van der Waals surface area contributed by atoms with E-state index in [1.54, 1.807) is 11.8 Å². The maximum atomic E-state index is 13.8. The van der Waals surface area contributed by atoms with Crippen LogP contribution in [0.3, 0.4) is 0 Å². The number of piperazine rings is 1. The van der Waals surface area contributed by atoms with Gasteiger partial charge in [0.2, 0.25) is 10.0 Å². The van der Waals surface area contributed by atoms with Crippen LogP contribution >= 0.6 is 0 Å². The number of sulfonamides is 1. The molecule has 2 rings (SSSR count). The lowest BCUT2D eigenvalue weighted by Gasteiger charge is -2.33. The van der Waals surface area contributed by atoms with Gasteiger partial charge in [-0.1, -0.05) is 0 Å². The molecule has 0 N–H and O–H groups in total. The molecule has 0 amide bonds. The molecule has 0 radical (unpaired) electrons. The Bertz CT molecular complexity index is 719. The van der Waals surface area contributed by atoms with Crippen molar-refractivity contribution in [2.75, 3.05) is 39.3 Å². The summed E-state index contributed by atoms with van der Waals surface area (Å²) in [5, 5.41) is 0. The molecule has 0 bridgehead atoms. The Morgan fingerprint density at radius 3 is 2.33 bits per heavy atom. The van der Waals surface area contributed by atoms with E-state index in [2.05, 4.69) is 0 Å². The minimum Gasteiger partial charge on any atom is -0.465 e. The normalized spacial score (nSPS) is 17.0. The van der Waals surface area contributed by atoms with Crippen molar-refractivity contribution >= 4 is 16.0 Å². The average Bonchev–Trinajstić information content (AvgIpc) is 2.53. The van der Waals surface area contributed by atoms with Gasteiger partial charge in [0.1, 0.15) is 4.90 Å². The third-order valence-electron chi connectivity index (χ3n) is 3.61. The molecule has 6 nitrogen and oxygen atoms in total. The molecule has 0 saturated carbocycles. The monoisotopic (exact) mass is 366 g/mol. The third kappa shape index (κ3) is 3.87. The van der Waals surface area contributed by atoms with Gasteiger partial charge in [-0.05, 0) is 19.1 Å². The van der Waals surface area contributed by atoms with Crippen LogP contribution in [0.5, 0.6) is 0 Å². The van der Waals surface area contributed by atoms with E-state index < -0.39 is 38.3 Å².